The number of piperidine rings is 1. The average molecular weight is 240 g/mol. The Morgan fingerprint density at radius 3 is 2.62 bits per heavy atom. The number of aliphatic hydroxyl groups is 1. The fraction of sp³-hybridized carbons (Fsp3) is 0.417. The second kappa shape index (κ2) is 4.85. The summed E-state index contributed by atoms with van der Waals surface area (Å²) in [6.45, 7) is 1.61. The molecule has 1 saturated heterocycles. The van der Waals surface area contributed by atoms with E-state index in [2.05, 4.69) is 4.90 Å². The molecule has 1 aliphatic heterocycles. The van der Waals surface area contributed by atoms with Gasteiger partial charge in [0.05, 0.1) is 16.8 Å². The fourth-order valence-electron chi connectivity index (χ4n) is 1.96. The van der Waals surface area contributed by atoms with Gasteiger partial charge in [-0.05, 0) is 31.0 Å². The number of nitrogens with zero attached hydrogens (tertiary/aromatic N) is 1. The maximum atomic E-state index is 10.6. The number of rotatable bonds is 2. The molecular formula is C12H14ClNO2. The molecule has 0 saturated carbocycles. The quantitative estimate of drug-likeness (QED) is 0.804. The number of aliphatic hydroxyl groups excluding tert-OH is 1. The van der Waals surface area contributed by atoms with Gasteiger partial charge in [0.25, 0.3) is 0 Å². The minimum atomic E-state index is -0.190. The van der Waals surface area contributed by atoms with Crippen LogP contribution in [0.3, 0.4) is 0 Å². The molecule has 1 aliphatic rings. The Morgan fingerprint density at radius 2 is 2.06 bits per heavy atom. The van der Waals surface area contributed by atoms with Gasteiger partial charge in [0.2, 0.25) is 0 Å². The Labute approximate surface area is 99.6 Å². The van der Waals surface area contributed by atoms with Crippen LogP contribution in [0.25, 0.3) is 0 Å². The van der Waals surface area contributed by atoms with Crippen molar-refractivity contribution in [1.82, 2.24) is 0 Å². The third-order valence-electron chi connectivity index (χ3n) is 2.91. The highest BCUT2D eigenvalue weighted by Crippen LogP contribution is 2.28. The predicted octanol–water partition coefficient (Wildman–Crippen LogP) is 2.11. The lowest BCUT2D eigenvalue weighted by molar-refractivity contribution is 0.112. The highest BCUT2D eigenvalue weighted by molar-refractivity contribution is 6.33. The van der Waals surface area contributed by atoms with Gasteiger partial charge in [-0.1, -0.05) is 11.6 Å². The molecule has 0 aromatic heterocycles. The molecule has 0 aliphatic carbocycles. The Morgan fingerprint density at radius 1 is 1.38 bits per heavy atom. The predicted molar refractivity (Wildman–Crippen MR) is 64.3 cm³/mol. The van der Waals surface area contributed by atoms with Crippen molar-refractivity contribution >= 4 is 23.6 Å². The number of carbonyl (C=O) groups is 1. The largest absolute Gasteiger partial charge is 0.393 e. The van der Waals surface area contributed by atoms with Crippen molar-refractivity contribution in [3.63, 3.8) is 0 Å². The molecule has 0 amide bonds. The lowest BCUT2D eigenvalue weighted by Gasteiger charge is -2.32. The first-order valence-electron chi connectivity index (χ1n) is 5.38. The molecule has 1 heterocycles. The minimum Gasteiger partial charge on any atom is -0.393 e. The Balaban J connectivity index is 2.17. The molecule has 3 nitrogen and oxygen atoms in total. The summed E-state index contributed by atoms with van der Waals surface area (Å²) in [4.78, 5) is 12.7. The number of benzene rings is 1. The summed E-state index contributed by atoms with van der Waals surface area (Å²) in [7, 11) is 0. The van der Waals surface area contributed by atoms with E-state index in [4.69, 9.17) is 11.6 Å². The van der Waals surface area contributed by atoms with E-state index in [9.17, 15) is 9.90 Å². The molecule has 1 aromatic rings. The van der Waals surface area contributed by atoms with Crippen molar-refractivity contribution in [2.45, 2.75) is 18.9 Å². The zero-order chi connectivity index (χ0) is 11.5. The van der Waals surface area contributed by atoms with Crippen molar-refractivity contribution in [3.8, 4) is 0 Å². The van der Waals surface area contributed by atoms with Crippen LogP contribution >= 0.6 is 11.6 Å². The van der Waals surface area contributed by atoms with Gasteiger partial charge >= 0.3 is 0 Å². The lowest BCUT2D eigenvalue weighted by atomic mass is 10.1. The van der Waals surface area contributed by atoms with Crippen LogP contribution in [0.2, 0.25) is 5.02 Å². The summed E-state index contributed by atoms with van der Waals surface area (Å²) in [5, 5.41) is 10.0. The Bertz CT molecular complexity index is 387. The third-order valence-corrected chi connectivity index (χ3v) is 3.22. The summed E-state index contributed by atoms with van der Waals surface area (Å²) in [6, 6.07) is 5.30. The first-order chi connectivity index (χ1) is 7.70. The molecule has 0 bridgehead atoms. The number of anilines is 1. The first kappa shape index (κ1) is 11.4. The molecule has 86 valence electrons. The standard InChI is InChI=1S/C12H14ClNO2/c13-11-7-9(8-15)1-2-12(11)14-5-3-10(16)4-6-14/h1-2,7-8,10,16H,3-6H2. The maximum absolute atomic E-state index is 10.6. The van der Waals surface area contributed by atoms with Crippen molar-refractivity contribution in [2.24, 2.45) is 0 Å². The number of carbonyl (C=O) groups excluding carboxylic acids is 1. The van der Waals surface area contributed by atoms with Crippen LogP contribution in [0.1, 0.15) is 23.2 Å². The second-order valence-electron chi connectivity index (χ2n) is 4.05. The average Bonchev–Trinajstić information content (AvgIpc) is 2.30. The van der Waals surface area contributed by atoms with E-state index in [0.29, 0.717) is 10.6 Å². The zero-order valence-corrected chi connectivity index (χ0v) is 9.65. The molecular weight excluding hydrogens is 226 g/mol. The monoisotopic (exact) mass is 239 g/mol. The molecule has 4 heteroatoms. The maximum Gasteiger partial charge on any atom is 0.150 e. The SMILES string of the molecule is O=Cc1ccc(N2CCC(O)CC2)c(Cl)c1. The van der Waals surface area contributed by atoms with E-state index in [1.807, 2.05) is 6.07 Å². The van der Waals surface area contributed by atoms with Gasteiger partial charge in [-0.25, -0.2) is 0 Å². The summed E-state index contributed by atoms with van der Waals surface area (Å²) >= 11 is 6.11. The van der Waals surface area contributed by atoms with Crippen LogP contribution in [0.5, 0.6) is 0 Å². The summed E-state index contributed by atoms with van der Waals surface area (Å²) in [6.07, 6.45) is 2.14. The van der Waals surface area contributed by atoms with Gasteiger partial charge in [-0.15, -0.1) is 0 Å². The van der Waals surface area contributed by atoms with E-state index >= 15 is 0 Å². The van der Waals surface area contributed by atoms with Crippen LogP contribution in [0.4, 0.5) is 5.69 Å². The first-order valence-corrected chi connectivity index (χ1v) is 5.76. The lowest BCUT2D eigenvalue weighted by Crippen LogP contribution is -2.35. The molecule has 0 radical (unpaired) electrons. The molecule has 2 rings (SSSR count). The van der Waals surface area contributed by atoms with Crippen molar-refractivity contribution < 1.29 is 9.90 Å². The van der Waals surface area contributed by atoms with E-state index in [1.165, 1.54) is 0 Å². The molecule has 16 heavy (non-hydrogen) atoms. The van der Waals surface area contributed by atoms with E-state index in [-0.39, 0.29) is 6.10 Å². The van der Waals surface area contributed by atoms with Crippen LogP contribution < -0.4 is 4.90 Å². The normalized spacial score (nSPS) is 17.5. The summed E-state index contributed by atoms with van der Waals surface area (Å²) in [5.74, 6) is 0. The van der Waals surface area contributed by atoms with E-state index in [0.717, 1.165) is 37.9 Å². The van der Waals surface area contributed by atoms with Gasteiger partial charge < -0.3 is 10.0 Å². The number of hydrogen-bond donors (Lipinski definition) is 1. The molecule has 0 spiro atoms. The molecule has 0 atom stereocenters. The van der Waals surface area contributed by atoms with E-state index in [1.54, 1.807) is 12.1 Å². The number of hydrogen-bond acceptors (Lipinski definition) is 3. The molecule has 1 N–H and O–H groups in total. The third kappa shape index (κ3) is 2.36. The van der Waals surface area contributed by atoms with Crippen LogP contribution in [-0.4, -0.2) is 30.6 Å². The Kier molecular flexibility index (Phi) is 3.46. The number of halogens is 1. The minimum absolute atomic E-state index is 0.190. The number of aldehydes is 1. The molecule has 1 fully saturated rings. The van der Waals surface area contributed by atoms with Gasteiger partial charge in [0, 0.05) is 18.7 Å². The van der Waals surface area contributed by atoms with Crippen molar-refractivity contribution in [2.75, 3.05) is 18.0 Å². The smallest absolute Gasteiger partial charge is 0.150 e. The van der Waals surface area contributed by atoms with Crippen molar-refractivity contribution in [3.05, 3.63) is 28.8 Å². The van der Waals surface area contributed by atoms with Crippen LogP contribution in [0, 0.1) is 0 Å². The van der Waals surface area contributed by atoms with Gasteiger partial charge in [-0.3, -0.25) is 4.79 Å². The highest BCUT2D eigenvalue weighted by Gasteiger charge is 2.18. The van der Waals surface area contributed by atoms with Crippen LogP contribution in [-0.2, 0) is 0 Å². The second-order valence-corrected chi connectivity index (χ2v) is 4.45. The van der Waals surface area contributed by atoms with Crippen LogP contribution in [0.15, 0.2) is 18.2 Å². The molecule has 1 aromatic carbocycles. The summed E-state index contributed by atoms with van der Waals surface area (Å²) in [5.41, 5.74) is 1.53. The topological polar surface area (TPSA) is 40.5 Å². The Hall–Kier alpha value is -1.06. The van der Waals surface area contributed by atoms with Gasteiger partial charge in [0.1, 0.15) is 6.29 Å². The highest BCUT2D eigenvalue weighted by atomic mass is 35.5. The summed E-state index contributed by atoms with van der Waals surface area (Å²) < 4.78 is 0. The zero-order valence-electron chi connectivity index (χ0n) is 8.90. The van der Waals surface area contributed by atoms with E-state index < -0.39 is 0 Å². The van der Waals surface area contributed by atoms with Crippen molar-refractivity contribution in [1.29, 1.82) is 0 Å². The molecule has 0 unspecified atom stereocenters. The van der Waals surface area contributed by atoms with Gasteiger partial charge in [-0.2, -0.15) is 0 Å². The fourth-order valence-corrected chi connectivity index (χ4v) is 2.27. The van der Waals surface area contributed by atoms with Gasteiger partial charge in [0.15, 0.2) is 0 Å².